The molecule has 3 nitrogen and oxygen atoms in total. The molecule has 1 aliphatic rings. The molecule has 0 saturated carbocycles. The second-order valence-electron chi connectivity index (χ2n) is 12.1. The fourth-order valence-corrected chi connectivity index (χ4v) is 6.53. The minimum atomic E-state index is -0.0954. The normalized spacial score (nSPS) is 12.8. The van der Waals surface area contributed by atoms with Crippen LogP contribution in [0.5, 0.6) is 0 Å². The lowest BCUT2D eigenvalue weighted by molar-refractivity contribution is 0.660. The summed E-state index contributed by atoms with van der Waals surface area (Å²) in [6.45, 7) is 4.63. The van der Waals surface area contributed by atoms with E-state index in [9.17, 15) is 0 Å². The van der Waals surface area contributed by atoms with Crippen LogP contribution in [0.15, 0.2) is 152 Å². The first-order valence-electron chi connectivity index (χ1n) is 15.4. The zero-order valence-corrected chi connectivity index (χ0v) is 25.3. The molecule has 2 aromatic heterocycles. The molecule has 45 heavy (non-hydrogen) atoms. The molecule has 3 heteroatoms. The van der Waals surface area contributed by atoms with Crippen molar-refractivity contribution < 1.29 is 0 Å². The Kier molecular flexibility index (Phi) is 6.46. The molecular formula is C42H31N3. The van der Waals surface area contributed by atoms with Crippen LogP contribution in [0.25, 0.3) is 67.4 Å². The van der Waals surface area contributed by atoms with Crippen LogP contribution in [0.2, 0.25) is 0 Å². The fraction of sp³-hybridized carbons (Fsp3) is 0.0714. The highest BCUT2D eigenvalue weighted by Gasteiger charge is 2.35. The summed E-state index contributed by atoms with van der Waals surface area (Å²) in [6, 6.07) is 51.0. The number of nitrogens with zero attached hydrogens (tertiary/aromatic N) is 3. The van der Waals surface area contributed by atoms with E-state index < -0.39 is 0 Å². The molecule has 0 atom stereocenters. The van der Waals surface area contributed by atoms with Crippen molar-refractivity contribution in [3.05, 3.63) is 163 Å². The van der Waals surface area contributed by atoms with Crippen LogP contribution in [0.3, 0.4) is 0 Å². The van der Waals surface area contributed by atoms with Crippen molar-refractivity contribution in [2.24, 2.45) is 0 Å². The lowest BCUT2D eigenvalue weighted by Gasteiger charge is -2.22. The quantitative estimate of drug-likeness (QED) is 0.204. The Morgan fingerprint density at radius 3 is 1.78 bits per heavy atom. The molecule has 0 fully saturated rings. The van der Waals surface area contributed by atoms with Gasteiger partial charge in [-0.15, -0.1) is 0 Å². The van der Waals surface area contributed by atoms with Gasteiger partial charge in [-0.2, -0.15) is 0 Å². The second kappa shape index (κ2) is 10.8. The van der Waals surface area contributed by atoms with Crippen molar-refractivity contribution in [2.45, 2.75) is 19.3 Å². The van der Waals surface area contributed by atoms with Crippen molar-refractivity contribution in [3.8, 4) is 67.4 Å². The van der Waals surface area contributed by atoms with E-state index in [4.69, 9.17) is 15.0 Å². The maximum atomic E-state index is 5.19. The summed E-state index contributed by atoms with van der Waals surface area (Å²) in [5.41, 5.74) is 14.3. The van der Waals surface area contributed by atoms with Crippen LogP contribution in [0, 0.1) is 0 Å². The Hall–Kier alpha value is -5.67. The Morgan fingerprint density at radius 2 is 1.02 bits per heavy atom. The van der Waals surface area contributed by atoms with Crippen LogP contribution in [-0.4, -0.2) is 15.0 Å². The van der Waals surface area contributed by atoms with Crippen molar-refractivity contribution in [2.75, 3.05) is 0 Å². The summed E-state index contributed by atoms with van der Waals surface area (Å²) in [7, 11) is 0. The molecule has 214 valence electrons. The zero-order valence-electron chi connectivity index (χ0n) is 25.3. The molecule has 0 unspecified atom stereocenters. The molecule has 0 N–H and O–H groups in total. The monoisotopic (exact) mass is 577 g/mol. The van der Waals surface area contributed by atoms with Gasteiger partial charge in [-0.3, -0.25) is 4.98 Å². The predicted molar refractivity (Wildman–Crippen MR) is 185 cm³/mol. The zero-order chi connectivity index (χ0) is 30.4. The van der Waals surface area contributed by atoms with Crippen LogP contribution < -0.4 is 0 Å². The molecule has 0 bridgehead atoms. The van der Waals surface area contributed by atoms with Gasteiger partial charge >= 0.3 is 0 Å². The molecule has 0 aliphatic heterocycles. The summed E-state index contributed by atoms with van der Waals surface area (Å²) in [5, 5.41) is 0. The Labute approximate surface area is 264 Å². The van der Waals surface area contributed by atoms with Crippen molar-refractivity contribution >= 4 is 0 Å². The van der Waals surface area contributed by atoms with Gasteiger partial charge in [0, 0.05) is 33.9 Å². The fourth-order valence-electron chi connectivity index (χ4n) is 6.53. The minimum absolute atomic E-state index is 0.0954. The third kappa shape index (κ3) is 4.83. The number of hydrogen-bond acceptors (Lipinski definition) is 3. The maximum absolute atomic E-state index is 5.19. The first-order valence-corrected chi connectivity index (χ1v) is 15.4. The number of pyridine rings is 1. The van der Waals surface area contributed by atoms with Crippen molar-refractivity contribution in [3.63, 3.8) is 0 Å². The summed E-state index contributed by atoms with van der Waals surface area (Å²) in [5.74, 6) is 0.690. The topological polar surface area (TPSA) is 38.7 Å². The average molecular weight is 578 g/mol. The molecule has 0 spiro atoms. The van der Waals surface area contributed by atoms with Crippen LogP contribution >= 0.6 is 0 Å². The van der Waals surface area contributed by atoms with Crippen LogP contribution in [-0.2, 0) is 5.41 Å². The van der Waals surface area contributed by atoms with E-state index >= 15 is 0 Å². The maximum Gasteiger partial charge on any atom is 0.160 e. The van der Waals surface area contributed by atoms with Crippen molar-refractivity contribution in [1.82, 2.24) is 15.0 Å². The molecule has 1 aliphatic carbocycles. The van der Waals surface area contributed by atoms with Gasteiger partial charge in [-0.1, -0.05) is 129 Å². The lowest BCUT2D eigenvalue weighted by atomic mass is 9.82. The first-order chi connectivity index (χ1) is 22.0. The Morgan fingerprint density at radius 1 is 0.400 bits per heavy atom. The summed E-state index contributed by atoms with van der Waals surface area (Å²) >= 11 is 0. The first kappa shape index (κ1) is 26.9. The number of rotatable bonds is 5. The Balaban J connectivity index is 1.27. The van der Waals surface area contributed by atoms with Gasteiger partial charge in [0.1, 0.15) is 0 Å². The summed E-state index contributed by atoms with van der Waals surface area (Å²) < 4.78 is 0. The number of hydrogen-bond donors (Lipinski definition) is 0. The third-order valence-corrected chi connectivity index (χ3v) is 8.96. The van der Waals surface area contributed by atoms with E-state index in [0.717, 1.165) is 50.5 Å². The van der Waals surface area contributed by atoms with Gasteiger partial charge in [-0.05, 0) is 63.7 Å². The molecule has 0 radical (unpaired) electrons. The average Bonchev–Trinajstić information content (AvgIpc) is 3.34. The summed E-state index contributed by atoms with van der Waals surface area (Å²) in [6.07, 6.45) is 1.92. The Bertz CT molecular complexity index is 2170. The van der Waals surface area contributed by atoms with E-state index in [0.29, 0.717) is 5.82 Å². The number of fused-ring (bicyclic) bond motifs is 3. The van der Waals surface area contributed by atoms with Crippen LogP contribution in [0.1, 0.15) is 25.0 Å². The second-order valence-corrected chi connectivity index (χ2v) is 12.1. The molecule has 8 rings (SSSR count). The van der Waals surface area contributed by atoms with E-state index in [1.807, 2.05) is 30.5 Å². The standard InChI is InChI=1S/C42H31N3/c1-42(2)36-19-10-9-18-34(36)35-22-20-31(25-37(35)42)39-26-40(33-21-23-38(43-27-33)29-14-7-4-8-15-29)45-41(44-39)32-17-11-16-30(24-32)28-12-5-3-6-13-28/h3-27H,1-2H3. The van der Waals surface area contributed by atoms with E-state index in [1.54, 1.807) is 0 Å². The molecule has 2 heterocycles. The lowest BCUT2D eigenvalue weighted by Crippen LogP contribution is -2.14. The predicted octanol–water partition coefficient (Wildman–Crippen LogP) is 10.5. The molecule has 7 aromatic rings. The van der Waals surface area contributed by atoms with E-state index in [-0.39, 0.29) is 5.41 Å². The molecule has 5 aromatic carbocycles. The van der Waals surface area contributed by atoms with Gasteiger partial charge in [0.15, 0.2) is 5.82 Å². The highest BCUT2D eigenvalue weighted by molar-refractivity contribution is 5.84. The molecule has 0 saturated heterocycles. The van der Waals surface area contributed by atoms with Gasteiger partial charge in [0.2, 0.25) is 0 Å². The molecular weight excluding hydrogens is 546 g/mol. The van der Waals surface area contributed by atoms with Crippen molar-refractivity contribution in [1.29, 1.82) is 0 Å². The summed E-state index contributed by atoms with van der Waals surface area (Å²) in [4.78, 5) is 15.1. The van der Waals surface area contributed by atoms with Gasteiger partial charge < -0.3 is 0 Å². The number of benzene rings is 5. The smallest absolute Gasteiger partial charge is 0.160 e. The third-order valence-electron chi connectivity index (χ3n) is 8.96. The molecule has 0 amide bonds. The SMILES string of the molecule is CC1(C)c2ccccc2-c2ccc(-c3cc(-c4ccc(-c5ccccc5)nc4)nc(-c4cccc(-c5ccccc5)c4)n3)cc21. The van der Waals surface area contributed by atoms with E-state index in [2.05, 4.69) is 135 Å². The van der Waals surface area contributed by atoms with Gasteiger partial charge in [0.05, 0.1) is 17.1 Å². The van der Waals surface area contributed by atoms with Gasteiger partial charge in [0.25, 0.3) is 0 Å². The van der Waals surface area contributed by atoms with Crippen LogP contribution in [0.4, 0.5) is 0 Å². The highest BCUT2D eigenvalue weighted by atomic mass is 14.9. The van der Waals surface area contributed by atoms with Gasteiger partial charge in [-0.25, -0.2) is 9.97 Å². The van der Waals surface area contributed by atoms with E-state index in [1.165, 1.54) is 22.3 Å². The minimum Gasteiger partial charge on any atom is -0.256 e. The highest BCUT2D eigenvalue weighted by Crippen LogP contribution is 2.49. The number of aromatic nitrogens is 3. The largest absolute Gasteiger partial charge is 0.256 e.